The SMILES string of the molecule is C=C(C)C(=O)Oc1ccc(S(=O)(=O)NC(=O)C(F)(F)F)cc1. The minimum Gasteiger partial charge on any atom is -0.423 e. The van der Waals surface area contributed by atoms with E-state index >= 15 is 0 Å². The van der Waals surface area contributed by atoms with Crippen molar-refractivity contribution in [3.8, 4) is 5.75 Å². The van der Waals surface area contributed by atoms with Gasteiger partial charge in [0.25, 0.3) is 10.0 Å². The Morgan fingerprint density at radius 2 is 1.68 bits per heavy atom. The maximum atomic E-state index is 12.0. The van der Waals surface area contributed by atoms with Crippen LogP contribution in [0.15, 0.2) is 41.3 Å². The van der Waals surface area contributed by atoms with Gasteiger partial charge in [-0.15, -0.1) is 0 Å². The van der Waals surface area contributed by atoms with Gasteiger partial charge in [0.1, 0.15) is 5.75 Å². The van der Waals surface area contributed by atoms with Crippen LogP contribution in [-0.4, -0.2) is 26.5 Å². The highest BCUT2D eigenvalue weighted by atomic mass is 32.2. The molecular formula is C12H10F3NO5S. The van der Waals surface area contributed by atoms with Gasteiger partial charge in [-0.3, -0.25) is 4.79 Å². The molecule has 0 fully saturated rings. The van der Waals surface area contributed by atoms with Crippen LogP contribution in [0, 0.1) is 0 Å². The summed E-state index contributed by atoms with van der Waals surface area (Å²) in [5.74, 6) is -3.39. The summed E-state index contributed by atoms with van der Waals surface area (Å²) < 4.78 is 64.9. The number of amides is 1. The fourth-order valence-electron chi connectivity index (χ4n) is 1.12. The van der Waals surface area contributed by atoms with Crippen LogP contribution in [0.25, 0.3) is 0 Å². The number of alkyl halides is 3. The Balaban J connectivity index is 2.92. The Bertz CT molecular complexity index is 707. The van der Waals surface area contributed by atoms with E-state index in [1.54, 1.807) is 0 Å². The molecule has 1 aromatic rings. The van der Waals surface area contributed by atoms with Crippen LogP contribution in [0.1, 0.15) is 6.92 Å². The fourth-order valence-corrected chi connectivity index (χ4v) is 2.09. The third kappa shape index (κ3) is 4.58. The topological polar surface area (TPSA) is 89.5 Å². The van der Waals surface area contributed by atoms with E-state index in [9.17, 15) is 31.2 Å². The van der Waals surface area contributed by atoms with Gasteiger partial charge in [0.05, 0.1) is 4.90 Å². The molecule has 1 N–H and O–H groups in total. The largest absolute Gasteiger partial charge is 0.472 e. The van der Waals surface area contributed by atoms with Gasteiger partial charge < -0.3 is 4.74 Å². The molecule has 1 aromatic carbocycles. The highest BCUT2D eigenvalue weighted by molar-refractivity contribution is 7.90. The van der Waals surface area contributed by atoms with Crippen molar-refractivity contribution >= 4 is 21.9 Å². The van der Waals surface area contributed by atoms with Crippen molar-refractivity contribution in [2.45, 2.75) is 18.0 Å². The zero-order valence-corrected chi connectivity index (χ0v) is 11.9. The van der Waals surface area contributed by atoms with E-state index in [2.05, 4.69) is 6.58 Å². The number of benzene rings is 1. The Kier molecular flexibility index (Phi) is 4.97. The number of carbonyl (C=O) groups excluding carboxylic acids is 2. The van der Waals surface area contributed by atoms with E-state index in [1.807, 2.05) is 0 Å². The average molecular weight is 337 g/mol. The Hall–Kier alpha value is -2.36. The molecule has 0 radical (unpaired) electrons. The summed E-state index contributed by atoms with van der Waals surface area (Å²) in [5, 5.41) is 0. The summed E-state index contributed by atoms with van der Waals surface area (Å²) in [6.07, 6.45) is -5.33. The number of hydrogen-bond donors (Lipinski definition) is 1. The van der Waals surface area contributed by atoms with E-state index in [0.29, 0.717) is 0 Å². The predicted octanol–water partition coefficient (Wildman–Crippen LogP) is 1.54. The van der Waals surface area contributed by atoms with Gasteiger partial charge in [-0.25, -0.2) is 17.9 Å². The van der Waals surface area contributed by atoms with E-state index in [1.165, 1.54) is 6.92 Å². The third-order valence-corrected chi connectivity index (χ3v) is 3.52. The number of carbonyl (C=O) groups is 2. The van der Waals surface area contributed by atoms with Gasteiger partial charge in [-0.05, 0) is 31.2 Å². The number of nitrogens with one attached hydrogen (secondary N) is 1. The van der Waals surface area contributed by atoms with Crippen LogP contribution in [0.2, 0.25) is 0 Å². The number of hydrogen-bond acceptors (Lipinski definition) is 5. The summed E-state index contributed by atoms with van der Waals surface area (Å²) in [6, 6.07) is 3.86. The number of halogens is 3. The first-order chi connectivity index (χ1) is 9.93. The zero-order chi connectivity index (χ0) is 17.1. The fraction of sp³-hybridized carbons (Fsp3) is 0.167. The molecule has 0 unspecified atom stereocenters. The summed E-state index contributed by atoms with van der Waals surface area (Å²) in [5.41, 5.74) is 0.106. The van der Waals surface area contributed by atoms with Gasteiger partial charge in [-0.1, -0.05) is 6.58 Å². The molecule has 0 atom stereocenters. The molecule has 0 saturated carbocycles. The monoisotopic (exact) mass is 337 g/mol. The van der Waals surface area contributed by atoms with Crippen LogP contribution in [0.4, 0.5) is 13.2 Å². The minimum absolute atomic E-state index is 0.0332. The van der Waals surface area contributed by atoms with Crippen LogP contribution >= 0.6 is 0 Å². The molecule has 120 valence electrons. The second-order valence-electron chi connectivity index (χ2n) is 4.07. The lowest BCUT2D eigenvalue weighted by atomic mass is 10.3. The van der Waals surface area contributed by atoms with Crippen molar-refractivity contribution in [1.82, 2.24) is 4.72 Å². The maximum absolute atomic E-state index is 12.0. The lowest BCUT2D eigenvalue weighted by Gasteiger charge is -2.09. The summed E-state index contributed by atoms with van der Waals surface area (Å²) in [7, 11) is -4.68. The minimum atomic E-state index is -5.33. The molecule has 0 bridgehead atoms. The molecule has 0 saturated heterocycles. The van der Waals surface area contributed by atoms with Crippen molar-refractivity contribution in [3.63, 3.8) is 0 Å². The molecule has 1 amide bonds. The molecule has 10 heteroatoms. The molecule has 6 nitrogen and oxygen atoms in total. The number of sulfonamides is 1. The normalized spacial score (nSPS) is 11.6. The second kappa shape index (κ2) is 6.18. The molecule has 0 aliphatic heterocycles. The van der Waals surface area contributed by atoms with E-state index < -0.39 is 33.0 Å². The quantitative estimate of drug-likeness (QED) is 0.511. The predicted molar refractivity (Wildman–Crippen MR) is 68.3 cm³/mol. The average Bonchev–Trinajstić information content (AvgIpc) is 2.37. The lowest BCUT2D eigenvalue weighted by Crippen LogP contribution is -2.40. The smallest absolute Gasteiger partial charge is 0.423 e. The van der Waals surface area contributed by atoms with Crippen LogP contribution in [0.3, 0.4) is 0 Å². The number of rotatable bonds is 4. The molecule has 0 spiro atoms. The Labute approximate surface area is 123 Å². The van der Waals surface area contributed by atoms with Crippen LogP contribution in [0.5, 0.6) is 5.75 Å². The van der Waals surface area contributed by atoms with Gasteiger partial charge in [0, 0.05) is 5.57 Å². The van der Waals surface area contributed by atoms with Gasteiger partial charge in [0.2, 0.25) is 0 Å². The molecule has 0 aliphatic carbocycles. The molecule has 1 rings (SSSR count). The van der Waals surface area contributed by atoms with Crippen molar-refractivity contribution < 1.29 is 35.9 Å². The van der Waals surface area contributed by atoms with Crippen molar-refractivity contribution in [1.29, 1.82) is 0 Å². The molecule has 0 aliphatic rings. The van der Waals surface area contributed by atoms with Gasteiger partial charge in [0.15, 0.2) is 0 Å². The summed E-state index contributed by atoms with van der Waals surface area (Å²) in [6.45, 7) is 4.74. The Morgan fingerprint density at radius 1 is 1.18 bits per heavy atom. The zero-order valence-electron chi connectivity index (χ0n) is 11.1. The lowest BCUT2D eigenvalue weighted by molar-refractivity contribution is -0.171. The van der Waals surface area contributed by atoms with E-state index in [-0.39, 0.29) is 11.3 Å². The highest BCUT2D eigenvalue weighted by Gasteiger charge is 2.41. The van der Waals surface area contributed by atoms with E-state index in [4.69, 9.17) is 4.74 Å². The number of esters is 1. The maximum Gasteiger partial charge on any atom is 0.472 e. The van der Waals surface area contributed by atoms with Gasteiger partial charge in [-0.2, -0.15) is 13.2 Å². The van der Waals surface area contributed by atoms with Gasteiger partial charge >= 0.3 is 18.1 Å². The van der Waals surface area contributed by atoms with Crippen LogP contribution in [-0.2, 0) is 19.6 Å². The van der Waals surface area contributed by atoms with Crippen molar-refractivity contribution in [2.75, 3.05) is 0 Å². The van der Waals surface area contributed by atoms with Crippen molar-refractivity contribution in [2.24, 2.45) is 0 Å². The molecule has 22 heavy (non-hydrogen) atoms. The first-order valence-electron chi connectivity index (χ1n) is 5.55. The first-order valence-corrected chi connectivity index (χ1v) is 7.03. The number of ether oxygens (including phenoxy) is 1. The first kappa shape index (κ1) is 17.7. The third-order valence-electron chi connectivity index (χ3n) is 2.18. The van der Waals surface area contributed by atoms with Crippen molar-refractivity contribution in [3.05, 3.63) is 36.4 Å². The highest BCUT2D eigenvalue weighted by Crippen LogP contribution is 2.19. The summed E-state index contributed by atoms with van der Waals surface area (Å²) >= 11 is 0. The Morgan fingerprint density at radius 3 is 2.09 bits per heavy atom. The second-order valence-corrected chi connectivity index (χ2v) is 5.76. The molecule has 0 heterocycles. The molecular weight excluding hydrogens is 327 g/mol. The van der Waals surface area contributed by atoms with E-state index in [0.717, 1.165) is 29.0 Å². The van der Waals surface area contributed by atoms with Crippen LogP contribution < -0.4 is 9.46 Å². The molecule has 0 aromatic heterocycles. The summed E-state index contributed by atoms with van der Waals surface area (Å²) in [4.78, 5) is 21.3. The standard InChI is InChI=1S/C12H10F3NO5S/c1-7(2)10(17)21-8-3-5-9(6-4-8)22(19,20)16-11(18)12(13,14)15/h3-6H,1H2,2H3,(H,16,18).